The third-order valence-corrected chi connectivity index (χ3v) is 4.20. The van der Waals surface area contributed by atoms with Crippen LogP contribution in [0, 0.1) is 0 Å². The average Bonchev–Trinajstić information content (AvgIpc) is 3.03. The van der Waals surface area contributed by atoms with Crippen LogP contribution < -0.4 is 5.73 Å². The number of hydrogen-bond donors (Lipinski definition) is 2. The van der Waals surface area contributed by atoms with Crippen LogP contribution in [0.3, 0.4) is 0 Å². The van der Waals surface area contributed by atoms with Gasteiger partial charge in [0.15, 0.2) is 0 Å². The second-order valence-corrected chi connectivity index (χ2v) is 5.68. The standard InChI is InChI=1S/C19H17N5/c1-2-12-8-10-13(11-9-12)15-16-18(20)22-24-19(16)23-21-17(15)14-6-4-3-5-7-14/h3-11H,2H2,1H3,(H3,20,22,23,24). The van der Waals surface area contributed by atoms with Crippen molar-refractivity contribution >= 4 is 16.9 Å². The van der Waals surface area contributed by atoms with Crippen molar-refractivity contribution in [3.8, 4) is 22.4 Å². The van der Waals surface area contributed by atoms with E-state index < -0.39 is 0 Å². The monoisotopic (exact) mass is 315 g/mol. The van der Waals surface area contributed by atoms with E-state index in [0.29, 0.717) is 11.5 Å². The van der Waals surface area contributed by atoms with Crippen LogP contribution in [0.1, 0.15) is 12.5 Å². The highest BCUT2D eigenvalue weighted by molar-refractivity contribution is 6.04. The summed E-state index contributed by atoms with van der Waals surface area (Å²) in [6.07, 6.45) is 1.00. The lowest BCUT2D eigenvalue weighted by Gasteiger charge is -2.10. The Morgan fingerprint density at radius 3 is 2.38 bits per heavy atom. The summed E-state index contributed by atoms with van der Waals surface area (Å²) < 4.78 is 0. The number of fused-ring (bicyclic) bond motifs is 1. The Morgan fingerprint density at radius 1 is 0.917 bits per heavy atom. The van der Waals surface area contributed by atoms with Crippen LogP contribution >= 0.6 is 0 Å². The molecule has 0 unspecified atom stereocenters. The van der Waals surface area contributed by atoms with Crippen LogP contribution in [-0.2, 0) is 6.42 Å². The lowest BCUT2D eigenvalue weighted by Crippen LogP contribution is -1.96. The summed E-state index contributed by atoms with van der Waals surface area (Å²) in [6, 6.07) is 18.5. The number of anilines is 1. The minimum absolute atomic E-state index is 0.506. The highest BCUT2D eigenvalue weighted by atomic mass is 15.2. The summed E-state index contributed by atoms with van der Waals surface area (Å²) in [7, 11) is 0. The molecular formula is C19H17N5. The number of hydrogen-bond acceptors (Lipinski definition) is 4. The quantitative estimate of drug-likeness (QED) is 0.602. The first-order chi connectivity index (χ1) is 11.8. The molecule has 0 saturated heterocycles. The maximum absolute atomic E-state index is 6.13. The molecule has 3 N–H and O–H groups in total. The fourth-order valence-electron chi connectivity index (χ4n) is 2.92. The molecule has 0 aliphatic carbocycles. The molecule has 0 atom stereocenters. The van der Waals surface area contributed by atoms with Gasteiger partial charge in [-0.2, -0.15) is 5.10 Å². The molecule has 24 heavy (non-hydrogen) atoms. The smallest absolute Gasteiger partial charge is 0.205 e. The van der Waals surface area contributed by atoms with E-state index in [9.17, 15) is 0 Å². The number of nitrogens with zero attached hydrogens (tertiary/aromatic N) is 3. The Balaban J connectivity index is 2.04. The van der Waals surface area contributed by atoms with Crippen molar-refractivity contribution in [2.24, 2.45) is 0 Å². The molecule has 0 bridgehead atoms. The van der Waals surface area contributed by atoms with Gasteiger partial charge in [-0.1, -0.05) is 61.5 Å². The summed E-state index contributed by atoms with van der Waals surface area (Å²) in [5, 5.41) is 16.4. The van der Waals surface area contributed by atoms with Gasteiger partial charge in [-0.25, -0.2) is 0 Å². The van der Waals surface area contributed by atoms with Crippen LogP contribution in [0.15, 0.2) is 54.6 Å². The van der Waals surface area contributed by atoms with E-state index in [-0.39, 0.29) is 0 Å². The number of benzene rings is 2. The van der Waals surface area contributed by atoms with Crippen molar-refractivity contribution < 1.29 is 0 Å². The Labute approximate surface area is 139 Å². The van der Waals surface area contributed by atoms with Gasteiger partial charge in [-0.05, 0) is 17.5 Å². The van der Waals surface area contributed by atoms with Gasteiger partial charge in [0.1, 0.15) is 11.5 Å². The zero-order valence-electron chi connectivity index (χ0n) is 13.3. The van der Waals surface area contributed by atoms with Gasteiger partial charge in [-0.3, -0.25) is 5.10 Å². The van der Waals surface area contributed by atoms with E-state index in [4.69, 9.17) is 5.73 Å². The van der Waals surface area contributed by atoms with Crippen molar-refractivity contribution in [2.45, 2.75) is 13.3 Å². The van der Waals surface area contributed by atoms with Gasteiger partial charge in [0.2, 0.25) is 5.65 Å². The third kappa shape index (κ3) is 2.31. The first-order valence-electron chi connectivity index (χ1n) is 7.93. The Kier molecular flexibility index (Phi) is 3.46. The number of nitrogens with one attached hydrogen (secondary N) is 1. The van der Waals surface area contributed by atoms with Crippen LogP contribution in [0.2, 0.25) is 0 Å². The molecule has 118 valence electrons. The van der Waals surface area contributed by atoms with Crippen LogP contribution in [0.4, 0.5) is 5.82 Å². The van der Waals surface area contributed by atoms with Gasteiger partial charge in [-0.15, -0.1) is 10.2 Å². The SMILES string of the molecule is CCc1ccc(-c2c(-c3ccccc3)nnc3n[nH]c(N)c23)cc1. The molecule has 4 rings (SSSR count). The molecular weight excluding hydrogens is 298 g/mol. The van der Waals surface area contributed by atoms with Crippen LogP contribution in [-0.4, -0.2) is 20.4 Å². The number of aromatic amines is 1. The summed E-state index contributed by atoms with van der Waals surface area (Å²) in [5.74, 6) is 0.506. The first-order valence-corrected chi connectivity index (χ1v) is 7.93. The topological polar surface area (TPSA) is 80.5 Å². The lowest BCUT2D eigenvalue weighted by atomic mass is 9.96. The fourth-order valence-corrected chi connectivity index (χ4v) is 2.92. The molecule has 5 heteroatoms. The number of H-pyrrole nitrogens is 1. The summed E-state index contributed by atoms with van der Waals surface area (Å²) in [6.45, 7) is 2.14. The minimum atomic E-state index is 0.506. The number of nitrogen functional groups attached to an aromatic ring is 1. The molecule has 0 spiro atoms. The zero-order valence-corrected chi connectivity index (χ0v) is 13.3. The van der Waals surface area contributed by atoms with Gasteiger partial charge in [0.05, 0.1) is 5.39 Å². The predicted molar refractivity (Wildman–Crippen MR) is 96.3 cm³/mol. The molecule has 0 amide bonds. The Hall–Kier alpha value is -3.21. The highest BCUT2D eigenvalue weighted by Gasteiger charge is 2.18. The van der Waals surface area contributed by atoms with Gasteiger partial charge >= 0.3 is 0 Å². The van der Waals surface area contributed by atoms with Crippen molar-refractivity contribution in [1.82, 2.24) is 20.4 Å². The normalized spacial score (nSPS) is 11.0. The first kappa shape index (κ1) is 14.4. The average molecular weight is 315 g/mol. The van der Waals surface area contributed by atoms with Crippen LogP contribution in [0.25, 0.3) is 33.4 Å². The molecule has 0 aliphatic heterocycles. The highest BCUT2D eigenvalue weighted by Crippen LogP contribution is 2.37. The van der Waals surface area contributed by atoms with Gasteiger partial charge in [0, 0.05) is 11.1 Å². The second kappa shape index (κ2) is 5.77. The molecule has 2 aromatic carbocycles. The van der Waals surface area contributed by atoms with Crippen LogP contribution in [0.5, 0.6) is 0 Å². The summed E-state index contributed by atoms with van der Waals surface area (Å²) in [4.78, 5) is 0. The summed E-state index contributed by atoms with van der Waals surface area (Å²) >= 11 is 0. The molecule has 0 radical (unpaired) electrons. The number of aryl methyl sites for hydroxylation is 1. The van der Waals surface area contributed by atoms with E-state index in [1.54, 1.807) is 0 Å². The fraction of sp³-hybridized carbons (Fsp3) is 0.105. The molecule has 2 aromatic heterocycles. The van der Waals surface area contributed by atoms with E-state index in [2.05, 4.69) is 51.6 Å². The van der Waals surface area contributed by atoms with Crippen molar-refractivity contribution in [3.05, 3.63) is 60.2 Å². The molecule has 0 fully saturated rings. The van der Waals surface area contributed by atoms with E-state index in [0.717, 1.165) is 34.2 Å². The number of rotatable bonds is 3. The number of nitrogens with two attached hydrogens (primary N) is 1. The minimum Gasteiger partial charge on any atom is -0.383 e. The lowest BCUT2D eigenvalue weighted by molar-refractivity contribution is 1.03. The summed E-state index contributed by atoms with van der Waals surface area (Å²) in [5.41, 5.74) is 11.8. The molecule has 2 heterocycles. The largest absolute Gasteiger partial charge is 0.383 e. The molecule has 5 nitrogen and oxygen atoms in total. The maximum Gasteiger partial charge on any atom is 0.205 e. The van der Waals surface area contributed by atoms with Crippen molar-refractivity contribution in [2.75, 3.05) is 5.73 Å². The van der Waals surface area contributed by atoms with E-state index in [1.807, 2.05) is 30.3 Å². The molecule has 0 aliphatic rings. The molecule has 0 saturated carbocycles. The number of aromatic nitrogens is 4. The third-order valence-electron chi connectivity index (χ3n) is 4.20. The molecule has 4 aromatic rings. The van der Waals surface area contributed by atoms with E-state index >= 15 is 0 Å². The van der Waals surface area contributed by atoms with Crippen molar-refractivity contribution in [3.63, 3.8) is 0 Å². The van der Waals surface area contributed by atoms with Crippen molar-refractivity contribution in [1.29, 1.82) is 0 Å². The van der Waals surface area contributed by atoms with Gasteiger partial charge < -0.3 is 5.73 Å². The van der Waals surface area contributed by atoms with E-state index in [1.165, 1.54) is 5.56 Å². The maximum atomic E-state index is 6.13. The zero-order chi connectivity index (χ0) is 16.5. The second-order valence-electron chi connectivity index (χ2n) is 5.68. The predicted octanol–water partition coefficient (Wildman–Crippen LogP) is 3.83. The van der Waals surface area contributed by atoms with Gasteiger partial charge in [0.25, 0.3) is 0 Å². The Bertz CT molecular complexity index is 988. The Morgan fingerprint density at radius 2 is 1.67 bits per heavy atom.